The van der Waals surface area contributed by atoms with Gasteiger partial charge in [0.2, 0.25) is 0 Å². The van der Waals surface area contributed by atoms with Crippen molar-refractivity contribution in [3.05, 3.63) is 35.1 Å². The molecule has 0 aromatic heterocycles. The SMILES string of the molecule is CCOC(=O)C1=CCC(C)=CC=C1N. The van der Waals surface area contributed by atoms with Crippen molar-refractivity contribution in [2.45, 2.75) is 20.3 Å². The number of nitrogens with two attached hydrogens (primary N) is 1. The van der Waals surface area contributed by atoms with Gasteiger partial charge >= 0.3 is 5.97 Å². The second-order valence-corrected chi connectivity index (χ2v) is 3.18. The van der Waals surface area contributed by atoms with Crippen molar-refractivity contribution in [1.29, 1.82) is 0 Å². The third kappa shape index (κ3) is 2.49. The highest BCUT2D eigenvalue weighted by atomic mass is 16.5. The highest BCUT2D eigenvalue weighted by Gasteiger charge is 2.13. The van der Waals surface area contributed by atoms with Crippen molar-refractivity contribution in [2.24, 2.45) is 5.73 Å². The van der Waals surface area contributed by atoms with Crippen LogP contribution in [0.5, 0.6) is 0 Å². The summed E-state index contributed by atoms with van der Waals surface area (Å²) in [5, 5.41) is 0. The largest absolute Gasteiger partial charge is 0.462 e. The lowest BCUT2D eigenvalue weighted by Crippen LogP contribution is -2.13. The Balaban J connectivity index is 2.85. The summed E-state index contributed by atoms with van der Waals surface area (Å²) >= 11 is 0. The smallest absolute Gasteiger partial charge is 0.339 e. The summed E-state index contributed by atoms with van der Waals surface area (Å²) in [5.74, 6) is -0.343. The van der Waals surface area contributed by atoms with Crippen LogP contribution in [-0.2, 0) is 9.53 Å². The highest BCUT2D eigenvalue weighted by Crippen LogP contribution is 2.15. The maximum Gasteiger partial charge on any atom is 0.339 e. The molecule has 0 amide bonds. The lowest BCUT2D eigenvalue weighted by atomic mass is 10.1. The van der Waals surface area contributed by atoms with Gasteiger partial charge in [-0.25, -0.2) is 4.79 Å². The fourth-order valence-corrected chi connectivity index (χ4v) is 1.18. The van der Waals surface area contributed by atoms with E-state index in [2.05, 4.69) is 0 Å². The predicted molar refractivity (Wildman–Crippen MR) is 55.4 cm³/mol. The minimum Gasteiger partial charge on any atom is -0.462 e. The maximum absolute atomic E-state index is 11.4. The zero-order valence-electron chi connectivity index (χ0n) is 8.54. The number of hydrogen-bond acceptors (Lipinski definition) is 3. The first-order chi connectivity index (χ1) is 6.65. The second kappa shape index (κ2) is 4.65. The van der Waals surface area contributed by atoms with E-state index in [-0.39, 0.29) is 5.97 Å². The molecule has 0 spiro atoms. The van der Waals surface area contributed by atoms with Gasteiger partial charge in [-0.05, 0) is 26.3 Å². The van der Waals surface area contributed by atoms with Crippen molar-refractivity contribution in [3.8, 4) is 0 Å². The molecule has 0 saturated heterocycles. The summed E-state index contributed by atoms with van der Waals surface area (Å²) in [6, 6.07) is 0. The summed E-state index contributed by atoms with van der Waals surface area (Å²) in [5.41, 5.74) is 7.84. The first-order valence-electron chi connectivity index (χ1n) is 4.65. The summed E-state index contributed by atoms with van der Waals surface area (Å²) in [4.78, 5) is 11.4. The minimum atomic E-state index is -0.343. The van der Waals surface area contributed by atoms with E-state index in [4.69, 9.17) is 10.5 Å². The monoisotopic (exact) mass is 193 g/mol. The van der Waals surface area contributed by atoms with Gasteiger partial charge in [0.15, 0.2) is 0 Å². The molecule has 3 heteroatoms. The fourth-order valence-electron chi connectivity index (χ4n) is 1.18. The van der Waals surface area contributed by atoms with Crippen LogP contribution in [0.15, 0.2) is 35.1 Å². The van der Waals surface area contributed by atoms with Crippen LogP contribution in [0.1, 0.15) is 20.3 Å². The molecule has 0 fully saturated rings. The topological polar surface area (TPSA) is 52.3 Å². The molecule has 0 aromatic carbocycles. The van der Waals surface area contributed by atoms with Crippen molar-refractivity contribution in [1.82, 2.24) is 0 Å². The Bertz CT molecular complexity index is 324. The number of hydrogen-bond donors (Lipinski definition) is 1. The summed E-state index contributed by atoms with van der Waals surface area (Å²) < 4.78 is 4.89. The number of esters is 1. The quantitative estimate of drug-likeness (QED) is 0.679. The summed E-state index contributed by atoms with van der Waals surface area (Å²) in [6.45, 7) is 4.14. The zero-order valence-corrected chi connectivity index (χ0v) is 8.54. The van der Waals surface area contributed by atoms with Crippen molar-refractivity contribution in [2.75, 3.05) is 6.61 Å². The molecule has 1 rings (SSSR count). The molecule has 0 heterocycles. The van der Waals surface area contributed by atoms with Crippen LogP contribution < -0.4 is 5.73 Å². The van der Waals surface area contributed by atoms with Crippen LogP contribution in [0.4, 0.5) is 0 Å². The van der Waals surface area contributed by atoms with E-state index in [1.165, 1.54) is 5.57 Å². The number of allylic oxidation sites excluding steroid dienone is 4. The van der Waals surface area contributed by atoms with Gasteiger partial charge in [-0.1, -0.05) is 17.7 Å². The Morgan fingerprint density at radius 1 is 1.57 bits per heavy atom. The molecule has 76 valence electrons. The van der Waals surface area contributed by atoms with Gasteiger partial charge in [0.25, 0.3) is 0 Å². The van der Waals surface area contributed by atoms with E-state index in [1.54, 1.807) is 13.0 Å². The van der Waals surface area contributed by atoms with Crippen molar-refractivity contribution >= 4 is 5.97 Å². The van der Waals surface area contributed by atoms with Crippen LogP contribution in [0.3, 0.4) is 0 Å². The Morgan fingerprint density at radius 3 is 2.93 bits per heavy atom. The van der Waals surface area contributed by atoms with Crippen LogP contribution in [0.2, 0.25) is 0 Å². The van der Waals surface area contributed by atoms with E-state index >= 15 is 0 Å². The van der Waals surface area contributed by atoms with Crippen LogP contribution >= 0.6 is 0 Å². The molecule has 0 unspecified atom stereocenters. The molecule has 0 atom stereocenters. The van der Waals surface area contributed by atoms with E-state index < -0.39 is 0 Å². The fraction of sp³-hybridized carbons (Fsp3) is 0.364. The molecule has 1 aliphatic carbocycles. The van der Waals surface area contributed by atoms with Gasteiger partial charge in [-0.15, -0.1) is 0 Å². The van der Waals surface area contributed by atoms with Gasteiger partial charge in [-0.3, -0.25) is 0 Å². The van der Waals surface area contributed by atoms with Gasteiger partial charge in [0.1, 0.15) is 0 Å². The number of carbonyl (C=O) groups excluding carboxylic acids is 1. The first-order valence-corrected chi connectivity index (χ1v) is 4.65. The summed E-state index contributed by atoms with van der Waals surface area (Å²) in [6.07, 6.45) is 6.21. The minimum absolute atomic E-state index is 0.343. The lowest BCUT2D eigenvalue weighted by Gasteiger charge is -2.05. The molecule has 0 bridgehead atoms. The predicted octanol–water partition coefficient (Wildman–Crippen LogP) is 1.67. The molecule has 3 nitrogen and oxygen atoms in total. The Morgan fingerprint density at radius 2 is 2.29 bits per heavy atom. The van der Waals surface area contributed by atoms with Gasteiger partial charge in [0.05, 0.1) is 12.2 Å². The molecule has 1 aliphatic rings. The normalized spacial score (nSPS) is 16.3. The van der Waals surface area contributed by atoms with E-state index in [0.29, 0.717) is 17.9 Å². The molecule has 0 saturated carbocycles. The van der Waals surface area contributed by atoms with E-state index in [1.807, 2.05) is 19.1 Å². The van der Waals surface area contributed by atoms with Gasteiger partial charge in [0, 0.05) is 5.70 Å². The third-order valence-electron chi connectivity index (χ3n) is 1.98. The zero-order chi connectivity index (χ0) is 10.6. The number of ether oxygens (including phenoxy) is 1. The van der Waals surface area contributed by atoms with Gasteiger partial charge in [-0.2, -0.15) is 0 Å². The summed E-state index contributed by atoms with van der Waals surface area (Å²) in [7, 11) is 0. The van der Waals surface area contributed by atoms with E-state index in [9.17, 15) is 4.79 Å². The first kappa shape index (κ1) is 10.6. The van der Waals surface area contributed by atoms with Crippen molar-refractivity contribution in [3.63, 3.8) is 0 Å². The number of rotatable bonds is 2. The maximum atomic E-state index is 11.4. The number of carbonyl (C=O) groups is 1. The van der Waals surface area contributed by atoms with Crippen LogP contribution in [0.25, 0.3) is 0 Å². The van der Waals surface area contributed by atoms with Gasteiger partial charge < -0.3 is 10.5 Å². The molecule has 14 heavy (non-hydrogen) atoms. The average Bonchev–Trinajstić information content (AvgIpc) is 2.30. The van der Waals surface area contributed by atoms with Crippen LogP contribution in [0, 0.1) is 0 Å². The average molecular weight is 193 g/mol. The second-order valence-electron chi connectivity index (χ2n) is 3.18. The molecular weight excluding hydrogens is 178 g/mol. The molecule has 0 aromatic rings. The highest BCUT2D eigenvalue weighted by molar-refractivity contribution is 5.93. The Kier molecular flexibility index (Phi) is 3.51. The molecule has 2 N–H and O–H groups in total. The third-order valence-corrected chi connectivity index (χ3v) is 1.98. The Hall–Kier alpha value is -1.51. The lowest BCUT2D eigenvalue weighted by molar-refractivity contribution is -0.138. The van der Waals surface area contributed by atoms with Crippen molar-refractivity contribution < 1.29 is 9.53 Å². The van der Waals surface area contributed by atoms with E-state index in [0.717, 1.165) is 6.42 Å². The van der Waals surface area contributed by atoms with Crippen LogP contribution in [-0.4, -0.2) is 12.6 Å². The molecule has 0 radical (unpaired) electrons. The Labute approximate surface area is 83.9 Å². The molecular formula is C11H15NO2. The molecule has 0 aliphatic heterocycles. The standard InChI is InChI=1S/C11H15NO2/c1-3-14-11(13)9-6-4-8(2)5-7-10(9)12/h5-7H,3-4,12H2,1-2H3.